The van der Waals surface area contributed by atoms with E-state index in [0.29, 0.717) is 0 Å². The molecule has 0 atom stereocenters. The zero-order valence-electron chi connectivity index (χ0n) is 10.1. The molecule has 1 aromatic carbocycles. The van der Waals surface area contributed by atoms with Crippen LogP contribution in [0.15, 0.2) is 18.2 Å². The number of rotatable bonds is 1. The molecule has 90 valence electrons. The highest BCUT2D eigenvalue weighted by atomic mass is 32.1. The average Bonchev–Trinajstić information content (AvgIpc) is 2.68. The van der Waals surface area contributed by atoms with E-state index < -0.39 is 0 Å². The maximum absolute atomic E-state index is 5.46. The number of aromatic amines is 1. The maximum Gasteiger partial charge on any atom is 0.197 e. The van der Waals surface area contributed by atoms with E-state index >= 15 is 0 Å². The van der Waals surface area contributed by atoms with E-state index in [-0.39, 0.29) is 0 Å². The number of hydrogen-bond acceptors (Lipinski definition) is 2. The molecule has 0 saturated carbocycles. The zero-order valence-corrected chi connectivity index (χ0v) is 10.9. The van der Waals surface area contributed by atoms with Crippen LogP contribution in [0.3, 0.4) is 0 Å². The molecule has 0 aliphatic carbocycles. The van der Waals surface area contributed by atoms with Crippen molar-refractivity contribution >= 4 is 23.3 Å². The molecule has 1 aromatic heterocycles. The third-order valence-corrected chi connectivity index (χ3v) is 3.79. The van der Waals surface area contributed by atoms with Gasteiger partial charge in [0.25, 0.3) is 0 Å². The fraction of sp³-hybridized carbons (Fsp3) is 0.462. The van der Waals surface area contributed by atoms with Crippen molar-refractivity contribution in [3.8, 4) is 0 Å². The fourth-order valence-electron chi connectivity index (χ4n) is 2.62. The highest BCUT2D eigenvalue weighted by Crippen LogP contribution is 2.19. The van der Waals surface area contributed by atoms with E-state index in [1.807, 2.05) is 0 Å². The van der Waals surface area contributed by atoms with Crippen molar-refractivity contribution in [2.75, 3.05) is 18.1 Å². The SMILES string of the molecule is Cc1cccc2c1[nH]c(=S)n2N1CCCCC1. The summed E-state index contributed by atoms with van der Waals surface area (Å²) in [6.07, 6.45) is 3.87. The Labute approximate surface area is 106 Å². The van der Waals surface area contributed by atoms with Gasteiger partial charge in [0, 0.05) is 13.1 Å². The minimum atomic E-state index is 0.816. The third-order valence-electron chi connectivity index (χ3n) is 3.52. The first kappa shape index (κ1) is 10.8. The summed E-state index contributed by atoms with van der Waals surface area (Å²) in [6, 6.07) is 6.36. The Balaban J connectivity index is 2.18. The molecule has 2 heterocycles. The van der Waals surface area contributed by atoms with Crippen LogP contribution in [0.1, 0.15) is 24.8 Å². The number of H-pyrrole nitrogens is 1. The number of fused-ring (bicyclic) bond motifs is 1. The average molecular weight is 247 g/mol. The van der Waals surface area contributed by atoms with Gasteiger partial charge in [-0.2, -0.15) is 0 Å². The van der Waals surface area contributed by atoms with E-state index in [0.717, 1.165) is 17.9 Å². The Bertz CT molecular complexity index is 590. The van der Waals surface area contributed by atoms with Gasteiger partial charge in [-0.15, -0.1) is 0 Å². The molecule has 3 rings (SSSR count). The molecule has 0 amide bonds. The van der Waals surface area contributed by atoms with Crippen LogP contribution in [-0.4, -0.2) is 22.7 Å². The molecular weight excluding hydrogens is 230 g/mol. The predicted molar refractivity (Wildman–Crippen MR) is 73.7 cm³/mol. The van der Waals surface area contributed by atoms with Crippen LogP contribution in [0, 0.1) is 11.7 Å². The van der Waals surface area contributed by atoms with Gasteiger partial charge in [0.2, 0.25) is 0 Å². The van der Waals surface area contributed by atoms with Crippen LogP contribution in [0.25, 0.3) is 11.0 Å². The predicted octanol–water partition coefficient (Wildman–Crippen LogP) is 3.13. The first-order chi connectivity index (χ1) is 8.27. The first-order valence-corrected chi connectivity index (χ1v) is 6.64. The standard InChI is InChI=1S/C13H17N3S/c1-10-6-5-7-11-12(10)14-13(17)16(11)15-8-3-2-4-9-15/h5-7H,2-4,8-9H2,1H3,(H,14,17). The van der Waals surface area contributed by atoms with Gasteiger partial charge in [0.05, 0.1) is 11.0 Å². The van der Waals surface area contributed by atoms with Crippen LogP contribution in [-0.2, 0) is 0 Å². The van der Waals surface area contributed by atoms with Crippen molar-refractivity contribution in [1.29, 1.82) is 0 Å². The van der Waals surface area contributed by atoms with Gasteiger partial charge in [0.15, 0.2) is 4.77 Å². The smallest absolute Gasteiger partial charge is 0.197 e. The zero-order chi connectivity index (χ0) is 11.8. The van der Waals surface area contributed by atoms with E-state index in [9.17, 15) is 0 Å². The molecule has 2 aromatic rings. The molecular formula is C13H17N3S. The summed E-state index contributed by atoms with van der Waals surface area (Å²) in [5.41, 5.74) is 3.63. The highest BCUT2D eigenvalue weighted by Gasteiger charge is 2.15. The number of nitrogens with one attached hydrogen (secondary N) is 1. The Morgan fingerprint density at radius 2 is 1.94 bits per heavy atom. The minimum Gasteiger partial charge on any atom is -0.329 e. The van der Waals surface area contributed by atoms with E-state index in [1.165, 1.54) is 35.9 Å². The van der Waals surface area contributed by atoms with Crippen LogP contribution in [0.4, 0.5) is 0 Å². The van der Waals surface area contributed by atoms with Crippen LogP contribution >= 0.6 is 12.2 Å². The quantitative estimate of drug-likeness (QED) is 0.783. The molecule has 1 fully saturated rings. The van der Waals surface area contributed by atoms with Gasteiger partial charge in [-0.1, -0.05) is 12.1 Å². The second-order valence-electron chi connectivity index (χ2n) is 4.73. The minimum absolute atomic E-state index is 0.816. The molecule has 4 heteroatoms. The number of aromatic nitrogens is 2. The molecule has 1 saturated heterocycles. The lowest BCUT2D eigenvalue weighted by atomic mass is 10.2. The highest BCUT2D eigenvalue weighted by molar-refractivity contribution is 7.71. The molecule has 0 spiro atoms. The summed E-state index contributed by atoms with van der Waals surface area (Å²) < 4.78 is 2.99. The molecule has 17 heavy (non-hydrogen) atoms. The van der Waals surface area contributed by atoms with Crippen LogP contribution in [0.5, 0.6) is 0 Å². The fourth-order valence-corrected chi connectivity index (χ4v) is 2.93. The summed E-state index contributed by atoms with van der Waals surface area (Å²) in [7, 11) is 0. The van der Waals surface area contributed by atoms with Crippen LogP contribution < -0.4 is 5.01 Å². The van der Waals surface area contributed by atoms with E-state index in [2.05, 4.69) is 39.8 Å². The Hall–Kier alpha value is -1.29. The maximum atomic E-state index is 5.46. The summed E-state index contributed by atoms with van der Waals surface area (Å²) in [4.78, 5) is 3.33. The van der Waals surface area contributed by atoms with Gasteiger partial charge in [-0.3, -0.25) is 0 Å². The van der Waals surface area contributed by atoms with Crippen LogP contribution in [0.2, 0.25) is 0 Å². The number of para-hydroxylation sites is 1. The lowest BCUT2D eigenvalue weighted by Gasteiger charge is -2.29. The summed E-state index contributed by atoms with van der Waals surface area (Å²) in [5, 5.41) is 2.37. The Morgan fingerprint density at radius 1 is 1.18 bits per heavy atom. The molecule has 1 N–H and O–H groups in total. The number of aryl methyl sites for hydroxylation is 1. The number of piperidine rings is 1. The largest absolute Gasteiger partial charge is 0.329 e. The number of nitrogens with zero attached hydrogens (tertiary/aromatic N) is 2. The Kier molecular flexibility index (Phi) is 2.67. The second kappa shape index (κ2) is 4.18. The number of hydrogen-bond donors (Lipinski definition) is 1. The monoisotopic (exact) mass is 247 g/mol. The lowest BCUT2D eigenvalue weighted by Crippen LogP contribution is -2.39. The third kappa shape index (κ3) is 1.76. The molecule has 0 unspecified atom stereocenters. The summed E-state index contributed by atoms with van der Waals surface area (Å²) in [5.74, 6) is 0. The summed E-state index contributed by atoms with van der Waals surface area (Å²) in [6.45, 7) is 4.33. The first-order valence-electron chi connectivity index (χ1n) is 6.23. The van der Waals surface area contributed by atoms with Gasteiger partial charge in [0.1, 0.15) is 0 Å². The number of imidazole rings is 1. The van der Waals surface area contributed by atoms with Crippen molar-refractivity contribution in [3.05, 3.63) is 28.5 Å². The van der Waals surface area contributed by atoms with Gasteiger partial charge in [-0.25, -0.2) is 4.68 Å². The molecule has 1 aliphatic heterocycles. The van der Waals surface area contributed by atoms with Crippen molar-refractivity contribution in [2.24, 2.45) is 0 Å². The molecule has 1 aliphatic rings. The van der Waals surface area contributed by atoms with Crippen molar-refractivity contribution in [1.82, 2.24) is 9.66 Å². The van der Waals surface area contributed by atoms with E-state index in [4.69, 9.17) is 12.2 Å². The van der Waals surface area contributed by atoms with Crippen molar-refractivity contribution in [2.45, 2.75) is 26.2 Å². The molecule has 0 radical (unpaired) electrons. The molecule has 0 bridgehead atoms. The second-order valence-corrected chi connectivity index (χ2v) is 5.11. The lowest BCUT2D eigenvalue weighted by molar-refractivity contribution is 0.483. The van der Waals surface area contributed by atoms with Crippen molar-refractivity contribution < 1.29 is 0 Å². The van der Waals surface area contributed by atoms with Gasteiger partial charge < -0.3 is 9.99 Å². The topological polar surface area (TPSA) is 24.0 Å². The summed E-state index contributed by atoms with van der Waals surface area (Å²) >= 11 is 5.46. The molecule has 3 nitrogen and oxygen atoms in total. The normalized spacial score (nSPS) is 16.6. The van der Waals surface area contributed by atoms with Crippen molar-refractivity contribution in [3.63, 3.8) is 0 Å². The number of benzene rings is 1. The van der Waals surface area contributed by atoms with E-state index in [1.54, 1.807) is 0 Å². The van der Waals surface area contributed by atoms with Gasteiger partial charge >= 0.3 is 0 Å². The van der Waals surface area contributed by atoms with Gasteiger partial charge in [-0.05, 0) is 50.0 Å². The Morgan fingerprint density at radius 3 is 2.71 bits per heavy atom.